The van der Waals surface area contributed by atoms with Gasteiger partial charge in [0.2, 0.25) is 6.41 Å². The van der Waals surface area contributed by atoms with Crippen LogP contribution in [-0.4, -0.2) is 54.4 Å². The summed E-state index contributed by atoms with van der Waals surface area (Å²) in [5.74, 6) is 1.92. The minimum atomic E-state index is -0.104. The largest absolute Gasteiger partial charge is 0.355 e. The number of nitrogens with zero attached hydrogens (tertiary/aromatic N) is 8. The highest BCUT2D eigenvalue weighted by Gasteiger charge is 2.46. The van der Waals surface area contributed by atoms with Crippen LogP contribution in [0.4, 0.5) is 5.82 Å². The van der Waals surface area contributed by atoms with Crippen molar-refractivity contribution in [1.29, 1.82) is 5.26 Å². The number of carbonyl (C=O) groups is 1. The Hall–Kier alpha value is -4.26. The first-order chi connectivity index (χ1) is 17.0. The fourth-order valence-corrected chi connectivity index (χ4v) is 5.84. The molecule has 35 heavy (non-hydrogen) atoms. The number of hydrogen-bond donors (Lipinski definition) is 1. The van der Waals surface area contributed by atoms with E-state index in [1.807, 2.05) is 31.7 Å². The van der Waals surface area contributed by atoms with Crippen LogP contribution in [0.15, 0.2) is 43.2 Å². The molecule has 3 atom stereocenters. The van der Waals surface area contributed by atoms with Crippen LogP contribution < -0.4 is 10.2 Å². The normalized spacial score (nSPS) is 23.4. The van der Waals surface area contributed by atoms with E-state index in [1.54, 1.807) is 27.8 Å². The molecule has 10 heteroatoms. The number of carbonyl (C=O) groups excluding carboxylic acids is 1. The van der Waals surface area contributed by atoms with Gasteiger partial charge in [0.1, 0.15) is 11.9 Å². The molecule has 0 aromatic carbocycles. The van der Waals surface area contributed by atoms with Crippen LogP contribution in [0.3, 0.4) is 0 Å². The van der Waals surface area contributed by atoms with E-state index in [-0.39, 0.29) is 5.54 Å². The maximum absolute atomic E-state index is 11.0. The highest BCUT2D eigenvalue weighted by molar-refractivity contribution is 5.86. The molecule has 1 unspecified atom stereocenters. The fraction of sp³-hybridized carbons (Fsp3) is 0.360. The Morgan fingerprint density at radius 3 is 2.51 bits per heavy atom. The number of rotatable bonds is 5. The lowest BCUT2D eigenvalue weighted by Crippen LogP contribution is -2.40. The van der Waals surface area contributed by atoms with Crippen molar-refractivity contribution < 1.29 is 4.79 Å². The molecule has 6 rings (SSSR count). The molecule has 176 valence electrons. The summed E-state index contributed by atoms with van der Waals surface area (Å²) in [5, 5.41) is 21.3. The quantitative estimate of drug-likeness (QED) is 0.448. The minimum Gasteiger partial charge on any atom is -0.355 e. The number of aryl methyl sites for hydroxylation is 1. The average Bonchev–Trinajstić information content (AvgIpc) is 3.61. The van der Waals surface area contributed by atoms with Crippen molar-refractivity contribution >= 4 is 17.7 Å². The summed E-state index contributed by atoms with van der Waals surface area (Å²) in [6.07, 6.45) is 13.6. The Morgan fingerprint density at radius 2 is 1.89 bits per heavy atom. The molecule has 1 saturated heterocycles. The topological polar surface area (TPSA) is 117 Å². The van der Waals surface area contributed by atoms with Gasteiger partial charge in [-0.05, 0) is 37.7 Å². The molecule has 0 bridgehead atoms. The predicted octanol–water partition coefficient (Wildman–Crippen LogP) is 2.41. The van der Waals surface area contributed by atoms with Gasteiger partial charge in [0.25, 0.3) is 0 Å². The van der Waals surface area contributed by atoms with E-state index in [2.05, 4.69) is 33.4 Å². The van der Waals surface area contributed by atoms with E-state index in [0.717, 1.165) is 54.8 Å². The van der Waals surface area contributed by atoms with E-state index >= 15 is 0 Å². The lowest BCUT2D eigenvalue weighted by Gasteiger charge is -2.26. The molecule has 1 saturated carbocycles. The molecule has 5 heterocycles. The van der Waals surface area contributed by atoms with Gasteiger partial charge in [0.05, 0.1) is 41.6 Å². The van der Waals surface area contributed by atoms with E-state index in [4.69, 9.17) is 9.97 Å². The third kappa shape index (κ3) is 3.60. The Bertz CT molecular complexity index is 1450. The van der Waals surface area contributed by atoms with Crippen LogP contribution in [-0.2, 0) is 11.8 Å². The molecular weight excluding hydrogens is 442 g/mol. The van der Waals surface area contributed by atoms with E-state index in [9.17, 15) is 10.1 Å². The highest BCUT2D eigenvalue weighted by atomic mass is 16.1. The van der Waals surface area contributed by atoms with Crippen molar-refractivity contribution in [3.8, 4) is 28.5 Å². The summed E-state index contributed by atoms with van der Waals surface area (Å²) < 4.78 is 3.47. The zero-order chi connectivity index (χ0) is 24.2. The van der Waals surface area contributed by atoms with Crippen LogP contribution in [0.5, 0.6) is 0 Å². The first kappa shape index (κ1) is 21.3. The van der Waals surface area contributed by atoms with Gasteiger partial charge in [-0.2, -0.15) is 15.5 Å². The molecule has 2 fully saturated rings. The molecule has 10 nitrogen and oxygen atoms in total. The predicted molar refractivity (Wildman–Crippen MR) is 129 cm³/mol. The van der Waals surface area contributed by atoms with Crippen molar-refractivity contribution in [2.45, 2.75) is 25.3 Å². The number of nitriles is 1. The van der Waals surface area contributed by atoms with Gasteiger partial charge in [-0.3, -0.25) is 14.5 Å². The van der Waals surface area contributed by atoms with Crippen LogP contribution >= 0.6 is 0 Å². The second kappa shape index (κ2) is 7.91. The lowest BCUT2D eigenvalue weighted by atomic mass is 9.98. The van der Waals surface area contributed by atoms with Crippen LogP contribution in [0.1, 0.15) is 25.3 Å². The third-order valence-corrected chi connectivity index (χ3v) is 7.42. The second-order valence-electron chi connectivity index (χ2n) is 9.92. The first-order valence-corrected chi connectivity index (χ1v) is 11.7. The summed E-state index contributed by atoms with van der Waals surface area (Å²) in [4.78, 5) is 22.8. The van der Waals surface area contributed by atoms with Gasteiger partial charge in [-0.1, -0.05) is 0 Å². The van der Waals surface area contributed by atoms with Gasteiger partial charge in [0, 0.05) is 54.8 Å². The van der Waals surface area contributed by atoms with Crippen LogP contribution in [0.25, 0.3) is 27.9 Å². The first-order valence-electron chi connectivity index (χ1n) is 11.7. The molecular formula is C25H25N9O. The van der Waals surface area contributed by atoms with E-state index in [1.165, 1.54) is 0 Å². The molecule has 1 aliphatic heterocycles. The zero-order valence-electron chi connectivity index (χ0n) is 19.6. The molecule has 1 amide bonds. The van der Waals surface area contributed by atoms with Crippen molar-refractivity contribution in [2.24, 2.45) is 18.9 Å². The second-order valence-corrected chi connectivity index (χ2v) is 9.92. The third-order valence-electron chi connectivity index (χ3n) is 7.42. The number of hydrogen-bond acceptors (Lipinski definition) is 7. The average molecular weight is 468 g/mol. The molecule has 2 aliphatic rings. The van der Waals surface area contributed by atoms with Gasteiger partial charge >= 0.3 is 0 Å². The van der Waals surface area contributed by atoms with Crippen LogP contribution in [0.2, 0.25) is 0 Å². The number of pyridine rings is 1. The monoisotopic (exact) mass is 467 g/mol. The van der Waals surface area contributed by atoms with Crippen molar-refractivity contribution in [3.63, 3.8) is 0 Å². The van der Waals surface area contributed by atoms with Gasteiger partial charge in [0.15, 0.2) is 0 Å². The molecule has 1 N–H and O–H groups in total. The molecule has 4 aromatic heterocycles. The molecule has 0 radical (unpaired) electrons. The van der Waals surface area contributed by atoms with E-state index in [0.29, 0.717) is 28.6 Å². The number of aromatic nitrogens is 6. The van der Waals surface area contributed by atoms with Gasteiger partial charge in [-0.15, -0.1) is 0 Å². The van der Waals surface area contributed by atoms with E-state index < -0.39 is 0 Å². The maximum atomic E-state index is 11.0. The Kier molecular flexibility index (Phi) is 4.81. The molecule has 1 aliphatic carbocycles. The summed E-state index contributed by atoms with van der Waals surface area (Å²) in [7, 11) is 1.88. The Balaban J connectivity index is 1.31. The highest BCUT2D eigenvalue weighted by Crippen LogP contribution is 2.44. The lowest BCUT2D eigenvalue weighted by molar-refractivity contribution is -0.111. The number of amides is 1. The standard InChI is InChI=1S/C25H25N9O/c1-25(29-15-35)4-17-12-33(13-18(17)5-25)23-10-27-22(9-28-23)21-3-16(20-8-30-32(2)11-20)14-34-24(21)19(6-26)7-31-34/h3,7-11,14-15,17-18H,4-5,12-13H2,1-2H3,(H,29,35)/t17-,18+,25?. The van der Waals surface area contributed by atoms with Crippen LogP contribution in [0, 0.1) is 23.2 Å². The van der Waals surface area contributed by atoms with Gasteiger partial charge in [-0.25, -0.2) is 9.50 Å². The number of anilines is 1. The smallest absolute Gasteiger partial charge is 0.207 e. The van der Waals surface area contributed by atoms with Crippen molar-refractivity contribution in [1.82, 2.24) is 34.7 Å². The Morgan fingerprint density at radius 1 is 1.09 bits per heavy atom. The zero-order valence-corrected chi connectivity index (χ0v) is 19.6. The van der Waals surface area contributed by atoms with Crippen molar-refractivity contribution in [3.05, 3.63) is 48.8 Å². The maximum Gasteiger partial charge on any atom is 0.207 e. The molecule has 0 spiro atoms. The SMILES string of the molecule is Cn1cc(-c2cc(-c3cnc(N4C[C@@H]5CC(C)(NC=O)C[C@@H]5C4)cn3)c3c(C#N)cnn3c2)cn1. The molecule has 4 aromatic rings. The minimum absolute atomic E-state index is 0.104. The summed E-state index contributed by atoms with van der Waals surface area (Å²) >= 11 is 0. The van der Waals surface area contributed by atoms with Crippen molar-refractivity contribution in [2.75, 3.05) is 18.0 Å². The summed E-state index contributed by atoms with van der Waals surface area (Å²) in [6.45, 7) is 3.96. The Labute approximate surface area is 202 Å². The fourth-order valence-electron chi connectivity index (χ4n) is 5.84. The summed E-state index contributed by atoms with van der Waals surface area (Å²) in [5.41, 5.74) is 4.46. The van der Waals surface area contributed by atoms with Gasteiger partial charge < -0.3 is 10.2 Å². The number of nitrogens with one attached hydrogen (secondary N) is 1. The summed E-state index contributed by atoms with van der Waals surface area (Å²) in [6, 6.07) is 4.25. The number of fused-ring (bicyclic) bond motifs is 2.